The SMILES string of the molecule is COc1cc(-c2nnn[nH]2)ccc1Cn1ncc2ccc(NC(=O)OC3CCCC3)cc21. The van der Waals surface area contributed by atoms with Crippen molar-refractivity contribution in [1.82, 2.24) is 30.4 Å². The zero-order chi connectivity index (χ0) is 21.9. The van der Waals surface area contributed by atoms with Gasteiger partial charge in [0.2, 0.25) is 0 Å². The summed E-state index contributed by atoms with van der Waals surface area (Å²) in [6.45, 7) is 0.498. The number of carbonyl (C=O) groups is 1. The van der Waals surface area contributed by atoms with Gasteiger partial charge in [0.05, 0.1) is 25.4 Å². The third-order valence-electron chi connectivity index (χ3n) is 5.69. The monoisotopic (exact) mass is 433 g/mol. The van der Waals surface area contributed by atoms with Crippen LogP contribution in [0.25, 0.3) is 22.3 Å². The summed E-state index contributed by atoms with van der Waals surface area (Å²) in [6.07, 6.45) is 5.51. The molecule has 32 heavy (non-hydrogen) atoms. The maximum Gasteiger partial charge on any atom is 0.411 e. The summed E-state index contributed by atoms with van der Waals surface area (Å²) < 4.78 is 13.0. The van der Waals surface area contributed by atoms with Gasteiger partial charge in [-0.1, -0.05) is 12.1 Å². The van der Waals surface area contributed by atoms with E-state index >= 15 is 0 Å². The zero-order valence-electron chi connectivity index (χ0n) is 17.6. The van der Waals surface area contributed by atoms with Crippen molar-refractivity contribution in [3.63, 3.8) is 0 Å². The molecule has 0 radical (unpaired) electrons. The van der Waals surface area contributed by atoms with Crippen molar-refractivity contribution < 1.29 is 14.3 Å². The van der Waals surface area contributed by atoms with Gasteiger partial charge in [-0.3, -0.25) is 10.00 Å². The van der Waals surface area contributed by atoms with Gasteiger partial charge in [0.25, 0.3) is 0 Å². The molecule has 2 aromatic heterocycles. The van der Waals surface area contributed by atoms with Crippen LogP contribution in [-0.2, 0) is 11.3 Å². The summed E-state index contributed by atoms with van der Waals surface area (Å²) in [6, 6.07) is 11.5. The van der Waals surface area contributed by atoms with Crippen LogP contribution in [0.2, 0.25) is 0 Å². The third kappa shape index (κ3) is 4.11. The molecule has 5 rings (SSSR count). The highest BCUT2D eigenvalue weighted by molar-refractivity contribution is 5.89. The minimum absolute atomic E-state index is 0.0208. The lowest BCUT2D eigenvalue weighted by Gasteiger charge is -2.13. The Balaban J connectivity index is 1.36. The molecule has 0 unspecified atom stereocenters. The summed E-state index contributed by atoms with van der Waals surface area (Å²) in [5, 5.41) is 22.2. The van der Waals surface area contributed by atoms with E-state index in [1.54, 1.807) is 13.3 Å². The number of rotatable bonds is 6. The summed E-state index contributed by atoms with van der Waals surface area (Å²) in [7, 11) is 1.63. The predicted octanol–water partition coefficient (Wildman–Crippen LogP) is 3.76. The Morgan fingerprint density at radius 2 is 2.09 bits per heavy atom. The number of aromatic amines is 1. The Bertz CT molecular complexity index is 1230. The molecule has 1 amide bonds. The summed E-state index contributed by atoms with van der Waals surface area (Å²) in [4.78, 5) is 12.2. The lowest BCUT2D eigenvalue weighted by atomic mass is 10.1. The first-order chi connectivity index (χ1) is 15.7. The van der Waals surface area contributed by atoms with Gasteiger partial charge in [0.15, 0.2) is 5.82 Å². The first kappa shape index (κ1) is 20.0. The van der Waals surface area contributed by atoms with Crippen molar-refractivity contribution in [2.75, 3.05) is 12.4 Å². The second-order valence-corrected chi connectivity index (χ2v) is 7.79. The standard InChI is InChI=1S/C22H23N7O3/c1-31-20-10-14(21-25-27-28-26-21)6-7-16(20)13-29-19-11-17(9-8-15(19)12-23-29)24-22(30)32-18-4-2-3-5-18/h6-12,18H,2-5,13H2,1H3,(H,24,30)(H,25,26,27,28). The Hall–Kier alpha value is -3.95. The van der Waals surface area contributed by atoms with Crippen LogP contribution in [0.15, 0.2) is 42.6 Å². The smallest absolute Gasteiger partial charge is 0.411 e. The first-order valence-electron chi connectivity index (χ1n) is 10.5. The molecule has 10 heteroatoms. The maximum absolute atomic E-state index is 12.2. The summed E-state index contributed by atoms with van der Waals surface area (Å²) >= 11 is 0. The van der Waals surface area contributed by atoms with E-state index in [0.717, 1.165) is 47.7 Å². The molecule has 164 valence electrons. The van der Waals surface area contributed by atoms with Gasteiger partial charge in [0.1, 0.15) is 11.9 Å². The molecule has 2 aromatic carbocycles. The van der Waals surface area contributed by atoms with E-state index < -0.39 is 6.09 Å². The summed E-state index contributed by atoms with van der Waals surface area (Å²) in [5.41, 5.74) is 3.34. The highest BCUT2D eigenvalue weighted by Gasteiger charge is 2.19. The normalized spacial score (nSPS) is 14.0. The van der Waals surface area contributed by atoms with Crippen LogP contribution in [0.1, 0.15) is 31.2 Å². The van der Waals surface area contributed by atoms with Crippen LogP contribution in [0, 0.1) is 0 Å². The number of H-pyrrole nitrogens is 1. The maximum atomic E-state index is 12.2. The molecule has 10 nitrogen and oxygen atoms in total. The van der Waals surface area contributed by atoms with Crippen LogP contribution in [0.5, 0.6) is 5.75 Å². The van der Waals surface area contributed by atoms with Gasteiger partial charge >= 0.3 is 6.09 Å². The number of aromatic nitrogens is 6. The lowest BCUT2D eigenvalue weighted by Crippen LogP contribution is -2.20. The van der Waals surface area contributed by atoms with Crippen LogP contribution in [0.4, 0.5) is 10.5 Å². The van der Waals surface area contributed by atoms with Gasteiger partial charge in [-0.15, -0.1) is 5.10 Å². The van der Waals surface area contributed by atoms with E-state index in [0.29, 0.717) is 23.8 Å². The number of anilines is 1. The molecule has 0 spiro atoms. The van der Waals surface area contributed by atoms with Crippen molar-refractivity contribution >= 4 is 22.7 Å². The van der Waals surface area contributed by atoms with Crippen molar-refractivity contribution in [2.24, 2.45) is 0 Å². The van der Waals surface area contributed by atoms with Crippen LogP contribution >= 0.6 is 0 Å². The van der Waals surface area contributed by atoms with E-state index in [9.17, 15) is 4.79 Å². The average Bonchev–Trinajstić information content (AvgIpc) is 3.57. The third-order valence-corrected chi connectivity index (χ3v) is 5.69. The first-order valence-corrected chi connectivity index (χ1v) is 10.5. The number of amides is 1. The molecule has 0 atom stereocenters. The van der Waals surface area contributed by atoms with Crippen molar-refractivity contribution in [1.29, 1.82) is 0 Å². The molecule has 1 saturated carbocycles. The number of benzene rings is 2. The molecule has 2 N–H and O–H groups in total. The molecule has 2 heterocycles. The van der Waals surface area contributed by atoms with Gasteiger partial charge in [-0.2, -0.15) is 5.10 Å². The minimum Gasteiger partial charge on any atom is -0.496 e. The number of tetrazole rings is 1. The van der Waals surface area contributed by atoms with Gasteiger partial charge in [-0.25, -0.2) is 9.89 Å². The number of hydrogen-bond donors (Lipinski definition) is 2. The molecular weight excluding hydrogens is 410 g/mol. The van der Waals surface area contributed by atoms with Gasteiger partial charge < -0.3 is 9.47 Å². The number of methoxy groups -OCH3 is 1. The lowest BCUT2D eigenvalue weighted by molar-refractivity contribution is 0.114. The molecular formula is C22H23N7O3. The fourth-order valence-corrected chi connectivity index (χ4v) is 4.04. The number of carbonyl (C=O) groups excluding carboxylic acids is 1. The Morgan fingerprint density at radius 1 is 1.22 bits per heavy atom. The molecule has 0 aliphatic heterocycles. The van der Waals surface area contributed by atoms with Crippen LogP contribution in [-0.4, -0.2) is 49.7 Å². The number of hydrogen-bond acceptors (Lipinski definition) is 7. The molecule has 1 aliphatic rings. The fraction of sp³-hybridized carbons (Fsp3) is 0.318. The van der Waals surface area contributed by atoms with E-state index in [1.807, 2.05) is 41.1 Å². The molecule has 1 fully saturated rings. The fourth-order valence-electron chi connectivity index (χ4n) is 4.04. The number of nitrogens with one attached hydrogen (secondary N) is 2. The van der Waals surface area contributed by atoms with E-state index in [-0.39, 0.29) is 6.10 Å². The summed E-state index contributed by atoms with van der Waals surface area (Å²) in [5.74, 6) is 1.27. The quantitative estimate of drug-likeness (QED) is 0.475. The van der Waals surface area contributed by atoms with Gasteiger partial charge in [0, 0.05) is 22.2 Å². The van der Waals surface area contributed by atoms with Gasteiger partial charge in [-0.05, 0) is 60.4 Å². The zero-order valence-corrected chi connectivity index (χ0v) is 17.6. The van der Waals surface area contributed by atoms with E-state index in [4.69, 9.17) is 9.47 Å². The van der Waals surface area contributed by atoms with Crippen LogP contribution < -0.4 is 10.1 Å². The molecule has 0 saturated heterocycles. The largest absolute Gasteiger partial charge is 0.496 e. The number of fused-ring (bicyclic) bond motifs is 1. The molecule has 1 aliphatic carbocycles. The van der Waals surface area contributed by atoms with Crippen molar-refractivity contribution in [2.45, 2.75) is 38.3 Å². The second-order valence-electron chi connectivity index (χ2n) is 7.79. The molecule has 0 bridgehead atoms. The Labute approximate surface area is 183 Å². The molecule has 4 aromatic rings. The average molecular weight is 433 g/mol. The predicted molar refractivity (Wildman–Crippen MR) is 117 cm³/mol. The Kier molecular flexibility index (Phi) is 5.40. The van der Waals surface area contributed by atoms with Crippen molar-refractivity contribution in [3.8, 4) is 17.1 Å². The van der Waals surface area contributed by atoms with Crippen LogP contribution in [0.3, 0.4) is 0 Å². The topological polar surface area (TPSA) is 120 Å². The van der Waals surface area contributed by atoms with E-state index in [1.165, 1.54) is 0 Å². The van der Waals surface area contributed by atoms with E-state index in [2.05, 4.69) is 31.0 Å². The number of ether oxygens (including phenoxy) is 2. The highest BCUT2D eigenvalue weighted by atomic mass is 16.6. The minimum atomic E-state index is -0.415. The highest BCUT2D eigenvalue weighted by Crippen LogP contribution is 2.27. The number of nitrogens with zero attached hydrogens (tertiary/aromatic N) is 5. The van der Waals surface area contributed by atoms with Crippen molar-refractivity contribution in [3.05, 3.63) is 48.2 Å². The Morgan fingerprint density at radius 3 is 2.88 bits per heavy atom. The second kappa shape index (κ2) is 8.66.